The standard InChI is InChI=1S/C14H12F2/c1-9-5-3-4-6-12(9)13-7-11(15)8-14(16)10(13)2/h3-8H,1-2H3. The number of hydrogen-bond acceptors (Lipinski definition) is 0. The molecule has 0 aliphatic heterocycles. The molecule has 0 fully saturated rings. The van der Waals surface area contributed by atoms with E-state index in [1.54, 1.807) is 6.92 Å². The summed E-state index contributed by atoms with van der Waals surface area (Å²) in [5.74, 6) is -1.04. The van der Waals surface area contributed by atoms with Crippen LogP contribution in [-0.2, 0) is 0 Å². The molecule has 82 valence electrons. The smallest absolute Gasteiger partial charge is 0.129 e. The Balaban J connectivity index is 2.69. The Morgan fingerprint density at radius 2 is 1.56 bits per heavy atom. The molecule has 0 N–H and O–H groups in total. The Morgan fingerprint density at radius 3 is 2.25 bits per heavy atom. The fourth-order valence-corrected chi connectivity index (χ4v) is 1.80. The summed E-state index contributed by atoms with van der Waals surface area (Å²) >= 11 is 0. The average molecular weight is 218 g/mol. The normalized spacial score (nSPS) is 10.5. The van der Waals surface area contributed by atoms with Crippen LogP contribution in [0.3, 0.4) is 0 Å². The zero-order valence-electron chi connectivity index (χ0n) is 9.22. The Hall–Kier alpha value is -1.70. The van der Waals surface area contributed by atoms with Gasteiger partial charge in [-0.1, -0.05) is 24.3 Å². The topological polar surface area (TPSA) is 0 Å². The molecule has 16 heavy (non-hydrogen) atoms. The summed E-state index contributed by atoms with van der Waals surface area (Å²) in [6.45, 7) is 3.59. The van der Waals surface area contributed by atoms with Crippen molar-refractivity contribution in [3.05, 3.63) is 59.2 Å². The summed E-state index contributed by atoms with van der Waals surface area (Å²) in [7, 11) is 0. The van der Waals surface area contributed by atoms with Gasteiger partial charge in [-0.3, -0.25) is 0 Å². The maximum absolute atomic E-state index is 13.4. The van der Waals surface area contributed by atoms with E-state index < -0.39 is 11.6 Å². The van der Waals surface area contributed by atoms with E-state index in [0.29, 0.717) is 11.1 Å². The van der Waals surface area contributed by atoms with Crippen molar-refractivity contribution in [1.29, 1.82) is 0 Å². The van der Waals surface area contributed by atoms with Gasteiger partial charge in [0, 0.05) is 6.07 Å². The molecule has 0 heterocycles. The van der Waals surface area contributed by atoms with Crippen LogP contribution >= 0.6 is 0 Å². The van der Waals surface area contributed by atoms with Crippen LogP contribution in [0.1, 0.15) is 11.1 Å². The fraction of sp³-hybridized carbons (Fsp3) is 0.143. The molecule has 0 aliphatic carbocycles. The molecule has 2 rings (SSSR count). The molecule has 0 saturated heterocycles. The van der Waals surface area contributed by atoms with Crippen LogP contribution in [-0.4, -0.2) is 0 Å². The number of rotatable bonds is 1. The van der Waals surface area contributed by atoms with E-state index in [1.165, 1.54) is 6.07 Å². The highest BCUT2D eigenvalue weighted by Crippen LogP contribution is 2.28. The van der Waals surface area contributed by atoms with E-state index in [0.717, 1.165) is 17.2 Å². The Kier molecular flexibility index (Phi) is 2.73. The lowest BCUT2D eigenvalue weighted by atomic mass is 9.96. The quantitative estimate of drug-likeness (QED) is 0.671. The lowest BCUT2D eigenvalue weighted by molar-refractivity contribution is 0.578. The molecule has 0 unspecified atom stereocenters. The molecule has 2 aromatic carbocycles. The second kappa shape index (κ2) is 4.05. The van der Waals surface area contributed by atoms with Crippen molar-refractivity contribution in [2.24, 2.45) is 0 Å². The van der Waals surface area contributed by atoms with Crippen molar-refractivity contribution >= 4 is 0 Å². The molecule has 0 nitrogen and oxygen atoms in total. The van der Waals surface area contributed by atoms with Crippen LogP contribution < -0.4 is 0 Å². The third-order valence-corrected chi connectivity index (χ3v) is 2.74. The van der Waals surface area contributed by atoms with Gasteiger partial charge in [0.15, 0.2) is 0 Å². The van der Waals surface area contributed by atoms with Crippen LogP contribution in [0.4, 0.5) is 8.78 Å². The zero-order chi connectivity index (χ0) is 11.7. The summed E-state index contributed by atoms with van der Waals surface area (Å²) < 4.78 is 26.6. The Bertz CT molecular complexity index is 530. The predicted octanol–water partition coefficient (Wildman–Crippen LogP) is 4.25. The van der Waals surface area contributed by atoms with Crippen molar-refractivity contribution in [3.63, 3.8) is 0 Å². The van der Waals surface area contributed by atoms with Gasteiger partial charge in [0.2, 0.25) is 0 Å². The lowest BCUT2D eigenvalue weighted by Crippen LogP contribution is -1.92. The number of hydrogen-bond donors (Lipinski definition) is 0. The van der Waals surface area contributed by atoms with Gasteiger partial charge in [-0.05, 0) is 42.2 Å². The number of aryl methyl sites for hydroxylation is 1. The van der Waals surface area contributed by atoms with Gasteiger partial charge in [0.05, 0.1) is 0 Å². The molecule has 2 aromatic rings. The Morgan fingerprint density at radius 1 is 0.875 bits per heavy atom. The van der Waals surface area contributed by atoms with Gasteiger partial charge in [0.1, 0.15) is 11.6 Å². The second-order valence-electron chi connectivity index (χ2n) is 3.88. The van der Waals surface area contributed by atoms with Crippen molar-refractivity contribution in [1.82, 2.24) is 0 Å². The molecule has 0 radical (unpaired) electrons. The molecule has 0 bridgehead atoms. The summed E-state index contributed by atoms with van der Waals surface area (Å²) in [6, 6.07) is 9.86. The third-order valence-electron chi connectivity index (χ3n) is 2.74. The highest BCUT2D eigenvalue weighted by Gasteiger charge is 2.10. The SMILES string of the molecule is Cc1ccccc1-c1cc(F)cc(F)c1C. The first-order valence-electron chi connectivity index (χ1n) is 5.11. The molecule has 0 aliphatic rings. The number of halogens is 2. The highest BCUT2D eigenvalue weighted by molar-refractivity contribution is 5.70. The molecule has 0 spiro atoms. The largest absolute Gasteiger partial charge is 0.207 e. The molecule has 2 heteroatoms. The minimum Gasteiger partial charge on any atom is -0.207 e. The van der Waals surface area contributed by atoms with Crippen LogP contribution in [0.5, 0.6) is 0 Å². The van der Waals surface area contributed by atoms with Crippen molar-refractivity contribution in [3.8, 4) is 11.1 Å². The summed E-state index contributed by atoms with van der Waals surface area (Å²) in [5, 5.41) is 0. The van der Waals surface area contributed by atoms with Crippen LogP contribution in [0, 0.1) is 25.5 Å². The first kappa shape index (κ1) is 10.8. The van der Waals surface area contributed by atoms with E-state index in [4.69, 9.17) is 0 Å². The average Bonchev–Trinajstić information content (AvgIpc) is 2.24. The maximum atomic E-state index is 13.4. The summed E-state index contributed by atoms with van der Waals surface area (Å²) in [5.41, 5.74) is 2.99. The van der Waals surface area contributed by atoms with Gasteiger partial charge < -0.3 is 0 Å². The fourth-order valence-electron chi connectivity index (χ4n) is 1.80. The van der Waals surface area contributed by atoms with Crippen LogP contribution in [0.25, 0.3) is 11.1 Å². The summed E-state index contributed by atoms with van der Waals surface area (Å²) in [4.78, 5) is 0. The van der Waals surface area contributed by atoms with E-state index in [1.807, 2.05) is 31.2 Å². The molecule has 0 aromatic heterocycles. The highest BCUT2D eigenvalue weighted by atomic mass is 19.1. The van der Waals surface area contributed by atoms with E-state index >= 15 is 0 Å². The Labute approximate surface area is 93.5 Å². The van der Waals surface area contributed by atoms with Gasteiger partial charge in [0.25, 0.3) is 0 Å². The van der Waals surface area contributed by atoms with Crippen molar-refractivity contribution in [2.45, 2.75) is 13.8 Å². The first-order chi connectivity index (χ1) is 7.59. The zero-order valence-corrected chi connectivity index (χ0v) is 9.22. The summed E-state index contributed by atoms with van der Waals surface area (Å²) in [6.07, 6.45) is 0. The van der Waals surface area contributed by atoms with Crippen molar-refractivity contribution in [2.75, 3.05) is 0 Å². The van der Waals surface area contributed by atoms with Crippen LogP contribution in [0.2, 0.25) is 0 Å². The van der Waals surface area contributed by atoms with E-state index in [-0.39, 0.29) is 0 Å². The molecular weight excluding hydrogens is 206 g/mol. The first-order valence-corrected chi connectivity index (χ1v) is 5.11. The minimum atomic E-state index is -0.540. The van der Waals surface area contributed by atoms with E-state index in [9.17, 15) is 8.78 Å². The minimum absolute atomic E-state index is 0.482. The maximum Gasteiger partial charge on any atom is 0.129 e. The molecule has 0 saturated carbocycles. The molecule has 0 amide bonds. The van der Waals surface area contributed by atoms with Gasteiger partial charge in [-0.2, -0.15) is 0 Å². The third kappa shape index (κ3) is 1.83. The lowest BCUT2D eigenvalue weighted by Gasteiger charge is -2.10. The monoisotopic (exact) mass is 218 g/mol. The van der Waals surface area contributed by atoms with Crippen LogP contribution in [0.15, 0.2) is 36.4 Å². The van der Waals surface area contributed by atoms with Gasteiger partial charge in [-0.25, -0.2) is 8.78 Å². The van der Waals surface area contributed by atoms with Crippen molar-refractivity contribution < 1.29 is 8.78 Å². The number of benzene rings is 2. The van der Waals surface area contributed by atoms with E-state index in [2.05, 4.69) is 0 Å². The molecule has 0 atom stereocenters. The second-order valence-corrected chi connectivity index (χ2v) is 3.88. The van der Waals surface area contributed by atoms with Gasteiger partial charge in [-0.15, -0.1) is 0 Å². The van der Waals surface area contributed by atoms with Gasteiger partial charge >= 0.3 is 0 Å². The predicted molar refractivity (Wildman–Crippen MR) is 61.3 cm³/mol. The molecular formula is C14H12F2.